The van der Waals surface area contributed by atoms with Crippen molar-refractivity contribution in [3.05, 3.63) is 51.7 Å². The van der Waals surface area contributed by atoms with Crippen LogP contribution in [0.4, 0.5) is 0 Å². The molecule has 0 saturated carbocycles. The number of carbonyl (C=O) groups excluding carboxylic acids is 1. The van der Waals surface area contributed by atoms with Gasteiger partial charge >= 0.3 is 0 Å². The normalized spacial score (nSPS) is 19.7. The van der Waals surface area contributed by atoms with Crippen LogP contribution in [0.15, 0.2) is 36.4 Å². The summed E-state index contributed by atoms with van der Waals surface area (Å²) in [5.74, 6) is 1.67. The SMILES string of the molecule is Cc1ccc(/C=C/C(=O)N2CCCC2c2ccc3c(c2)OCCCO3)s1. The minimum absolute atomic E-state index is 0.0747. The molecule has 0 spiro atoms. The number of rotatable bonds is 3. The first kappa shape index (κ1) is 17.2. The Morgan fingerprint density at radius 2 is 2.00 bits per heavy atom. The van der Waals surface area contributed by atoms with Crippen molar-refractivity contribution in [1.82, 2.24) is 4.90 Å². The van der Waals surface area contributed by atoms with Crippen LogP contribution in [0, 0.1) is 6.92 Å². The van der Waals surface area contributed by atoms with Gasteiger partial charge in [0, 0.05) is 28.8 Å². The van der Waals surface area contributed by atoms with Crippen LogP contribution in [0.1, 0.15) is 40.6 Å². The first-order valence-electron chi connectivity index (χ1n) is 9.15. The monoisotopic (exact) mass is 369 g/mol. The minimum atomic E-state index is 0.0747. The zero-order valence-electron chi connectivity index (χ0n) is 14.9. The highest BCUT2D eigenvalue weighted by Crippen LogP contribution is 2.38. The maximum atomic E-state index is 12.7. The molecule has 0 aliphatic carbocycles. The van der Waals surface area contributed by atoms with E-state index in [1.165, 1.54) is 4.88 Å². The van der Waals surface area contributed by atoms with Gasteiger partial charge in [0.2, 0.25) is 5.91 Å². The summed E-state index contributed by atoms with van der Waals surface area (Å²) in [6, 6.07) is 10.3. The molecular weight excluding hydrogens is 346 g/mol. The molecule has 1 atom stereocenters. The van der Waals surface area contributed by atoms with E-state index in [-0.39, 0.29) is 11.9 Å². The molecular formula is C21H23NO3S. The van der Waals surface area contributed by atoms with E-state index in [0.29, 0.717) is 13.2 Å². The van der Waals surface area contributed by atoms with Gasteiger partial charge in [0.15, 0.2) is 11.5 Å². The molecule has 1 aromatic heterocycles. The zero-order valence-corrected chi connectivity index (χ0v) is 15.8. The fourth-order valence-corrected chi connectivity index (χ4v) is 4.34. The first-order valence-corrected chi connectivity index (χ1v) is 9.97. The summed E-state index contributed by atoms with van der Waals surface area (Å²) >= 11 is 1.70. The first-order chi connectivity index (χ1) is 12.7. The Kier molecular flexibility index (Phi) is 4.98. The molecule has 3 heterocycles. The summed E-state index contributed by atoms with van der Waals surface area (Å²) < 4.78 is 11.5. The molecule has 2 aromatic rings. The van der Waals surface area contributed by atoms with Crippen molar-refractivity contribution in [1.29, 1.82) is 0 Å². The maximum absolute atomic E-state index is 12.7. The van der Waals surface area contributed by atoms with Crippen LogP contribution in [0.5, 0.6) is 11.5 Å². The Bertz CT molecular complexity index is 826. The standard InChI is InChI=1S/C21H23NO3S/c1-15-5-7-17(26-15)8-10-21(23)22-11-2-4-18(22)16-6-9-19-20(14-16)25-13-3-12-24-19/h5-10,14,18H,2-4,11-13H2,1H3/b10-8+. The number of amides is 1. The Hall–Kier alpha value is -2.27. The van der Waals surface area contributed by atoms with E-state index in [1.807, 2.05) is 23.1 Å². The summed E-state index contributed by atoms with van der Waals surface area (Å²) in [5.41, 5.74) is 1.13. The van der Waals surface area contributed by atoms with Crippen LogP contribution < -0.4 is 9.47 Å². The van der Waals surface area contributed by atoms with Gasteiger partial charge < -0.3 is 14.4 Å². The van der Waals surface area contributed by atoms with Crippen molar-refractivity contribution in [3.8, 4) is 11.5 Å². The molecule has 2 aliphatic heterocycles. The molecule has 1 unspecified atom stereocenters. The van der Waals surface area contributed by atoms with E-state index in [4.69, 9.17) is 9.47 Å². The number of fused-ring (bicyclic) bond motifs is 1. The summed E-state index contributed by atoms with van der Waals surface area (Å²) in [5, 5.41) is 0. The second kappa shape index (κ2) is 7.54. The van der Waals surface area contributed by atoms with E-state index < -0.39 is 0 Å². The molecule has 0 radical (unpaired) electrons. The van der Waals surface area contributed by atoms with Gasteiger partial charge in [0.25, 0.3) is 0 Å². The third kappa shape index (κ3) is 3.63. The summed E-state index contributed by atoms with van der Waals surface area (Å²) in [4.78, 5) is 17.1. The van der Waals surface area contributed by atoms with Crippen molar-refractivity contribution < 1.29 is 14.3 Å². The van der Waals surface area contributed by atoms with Gasteiger partial charge in [-0.3, -0.25) is 4.79 Å². The van der Waals surface area contributed by atoms with Gasteiger partial charge in [0.05, 0.1) is 19.3 Å². The number of ether oxygens (including phenoxy) is 2. The highest BCUT2D eigenvalue weighted by atomic mass is 32.1. The van der Waals surface area contributed by atoms with E-state index in [2.05, 4.69) is 25.1 Å². The van der Waals surface area contributed by atoms with Crippen molar-refractivity contribution in [2.45, 2.75) is 32.2 Å². The fourth-order valence-electron chi connectivity index (χ4n) is 3.56. The Morgan fingerprint density at radius 3 is 2.81 bits per heavy atom. The van der Waals surface area contributed by atoms with Crippen molar-refractivity contribution in [2.75, 3.05) is 19.8 Å². The number of thiophene rings is 1. The lowest BCUT2D eigenvalue weighted by Gasteiger charge is -2.24. The molecule has 136 valence electrons. The van der Waals surface area contributed by atoms with Crippen molar-refractivity contribution in [3.63, 3.8) is 0 Å². The van der Waals surface area contributed by atoms with Gasteiger partial charge in [0.1, 0.15) is 0 Å². The number of nitrogens with zero attached hydrogens (tertiary/aromatic N) is 1. The fraction of sp³-hybridized carbons (Fsp3) is 0.381. The largest absolute Gasteiger partial charge is 0.490 e. The Morgan fingerprint density at radius 1 is 1.15 bits per heavy atom. The van der Waals surface area contributed by atoms with E-state index in [0.717, 1.165) is 47.7 Å². The summed E-state index contributed by atoms with van der Waals surface area (Å²) in [6.07, 6.45) is 6.52. The Labute approximate surface area is 158 Å². The molecule has 1 fully saturated rings. The van der Waals surface area contributed by atoms with E-state index in [9.17, 15) is 4.79 Å². The zero-order chi connectivity index (χ0) is 17.9. The predicted octanol–water partition coefficient (Wildman–Crippen LogP) is 4.59. The third-order valence-electron chi connectivity index (χ3n) is 4.84. The lowest BCUT2D eigenvalue weighted by molar-refractivity contribution is -0.126. The van der Waals surface area contributed by atoms with Gasteiger partial charge in [-0.15, -0.1) is 11.3 Å². The van der Waals surface area contributed by atoms with Crippen LogP contribution in [0.25, 0.3) is 6.08 Å². The average molecular weight is 369 g/mol. The molecule has 2 aliphatic rings. The van der Waals surface area contributed by atoms with Crippen molar-refractivity contribution in [2.24, 2.45) is 0 Å². The molecule has 4 rings (SSSR count). The van der Waals surface area contributed by atoms with Crippen LogP contribution in [0.3, 0.4) is 0 Å². The molecule has 0 N–H and O–H groups in total. The highest BCUT2D eigenvalue weighted by Gasteiger charge is 2.29. The number of hydrogen-bond donors (Lipinski definition) is 0. The summed E-state index contributed by atoms with van der Waals surface area (Å²) in [7, 11) is 0. The molecule has 1 saturated heterocycles. The number of likely N-dealkylation sites (tertiary alicyclic amines) is 1. The van der Waals surface area contributed by atoms with Gasteiger partial charge in [-0.1, -0.05) is 6.07 Å². The average Bonchev–Trinajstić information content (AvgIpc) is 3.23. The maximum Gasteiger partial charge on any atom is 0.247 e. The van der Waals surface area contributed by atoms with Gasteiger partial charge in [-0.05, 0) is 55.7 Å². The number of benzene rings is 1. The minimum Gasteiger partial charge on any atom is -0.490 e. The molecule has 0 bridgehead atoms. The number of carbonyl (C=O) groups is 1. The van der Waals surface area contributed by atoms with Gasteiger partial charge in [-0.25, -0.2) is 0 Å². The van der Waals surface area contributed by atoms with Crippen LogP contribution in [-0.2, 0) is 4.79 Å². The second-order valence-corrected chi connectivity index (χ2v) is 8.05. The molecule has 5 heteroatoms. The highest BCUT2D eigenvalue weighted by molar-refractivity contribution is 7.12. The Balaban J connectivity index is 1.52. The summed E-state index contributed by atoms with van der Waals surface area (Å²) in [6.45, 7) is 4.23. The van der Waals surface area contributed by atoms with E-state index in [1.54, 1.807) is 17.4 Å². The third-order valence-corrected chi connectivity index (χ3v) is 5.81. The van der Waals surface area contributed by atoms with Crippen LogP contribution in [-0.4, -0.2) is 30.6 Å². The van der Waals surface area contributed by atoms with E-state index >= 15 is 0 Å². The van der Waals surface area contributed by atoms with Crippen molar-refractivity contribution >= 4 is 23.3 Å². The number of aryl methyl sites for hydroxylation is 1. The van der Waals surface area contributed by atoms with Crippen LogP contribution in [0.2, 0.25) is 0 Å². The van der Waals surface area contributed by atoms with Gasteiger partial charge in [-0.2, -0.15) is 0 Å². The molecule has 4 nitrogen and oxygen atoms in total. The second-order valence-electron chi connectivity index (χ2n) is 6.73. The smallest absolute Gasteiger partial charge is 0.247 e. The molecule has 1 amide bonds. The predicted molar refractivity (Wildman–Crippen MR) is 104 cm³/mol. The topological polar surface area (TPSA) is 38.8 Å². The molecule has 26 heavy (non-hydrogen) atoms. The molecule has 1 aromatic carbocycles. The van der Waals surface area contributed by atoms with Crippen LogP contribution >= 0.6 is 11.3 Å². The number of hydrogen-bond acceptors (Lipinski definition) is 4. The quantitative estimate of drug-likeness (QED) is 0.743. The lowest BCUT2D eigenvalue weighted by atomic mass is 10.0. The lowest BCUT2D eigenvalue weighted by Crippen LogP contribution is -2.28.